The van der Waals surface area contributed by atoms with Crippen molar-refractivity contribution in [3.8, 4) is 0 Å². The molecule has 3 nitrogen and oxygen atoms in total. The Balaban J connectivity index is 1.52. The maximum atomic E-state index is 4.70. The van der Waals surface area contributed by atoms with Gasteiger partial charge in [-0.05, 0) is 25.8 Å². The van der Waals surface area contributed by atoms with E-state index in [4.69, 9.17) is 4.98 Å². The van der Waals surface area contributed by atoms with Gasteiger partial charge in [-0.25, -0.2) is 4.98 Å². The standard InChI is InChI=1S/C16H25N3S/c1-17-14(8-7-13-5-3-2-4-6-13)11-15-12-19-9-10-20-16(19)18-15/h9-10,12-14,17H,2-8,11H2,1H3. The Morgan fingerprint density at radius 3 is 3.00 bits per heavy atom. The monoisotopic (exact) mass is 291 g/mol. The van der Waals surface area contributed by atoms with Crippen molar-refractivity contribution in [1.82, 2.24) is 14.7 Å². The normalized spacial score (nSPS) is 18.6. The Morgan fingerprint density at radius 2 is 2.25 bits per heavy atom. The van der Waals surface area contributed by atoms with Crippen LogP contribution in [0.2, 0.25) is 0 Å². The Labute approximate surface area is 125 Å². The lowest BCUT2D eigenvalue weighted by atomic mass is 9.85. The first-order valence-electron chi connectivity index (χ1n) is 7.93. The number of thiazole rings is 1. The van der Waals surface area contributed by atoms with E-state index in [0.717, 1.165) is 17.3 Å². The molecular formula is C16H25N3S. The Kier molecular flexibility index (Phi) is 4.73. The Morgan fingerprint density at radius 1 is 1.40 bits per heavy atom. The van der Waals surface area contributed by atoms with Crippen LogP contribution < -0.4 is 5.32 Å². The van der Waals surface area contributed by atoms with Crippen LogP contribution in [0.3, 0.4) is 0 Å². The summed E-state index contributed by atoms with van der Waals surface area (Å²) in [6, 6.07) is 0.571. The predicted octanol–water partition coefficient (Wildman–Crippen LogP) is 3.89. The fourth-order valence-corrected chi connectivity index (χ4v) is 4.11. The third kappa shape index (κ3) is 3.41. The molecule has 3 rings (SSSR count). The molecule has 1 aliphatic rings. The molecule has 110 valence electrons. The molecule has 4 heteroatoms. The molecule has 2 aromatic heterocycles. The average Bonchev–Trinajstić information content (AvgIpc) is 3.05. The lowest BCUT2D eigenvalue weighted by Crippen LogP contribution is -2.28. The second-order valence-electron chi connectivity index (χ2n) is 6.10. The summed E-state index contributed by atoms with van der Waals surface area (Å²) in [5.41, 5.74) is 1.22. The first-order chi connectivity index (χ1) is 9.85. The summed E-state index contributed by atoms with van der Waals surface area (Å²) in [5.74, 6) is 0.977. The van der Waals surface area contributed by atoms with Gasteiger partial charge in [-0.15, -0.1) is 11.3 Å². The van der Waals surface area contributed by atoms with Crippen molar-refractivity contribution in [2.45, 2.75) is 57.4 Å². The third-order valence-corrected chi connectivity index (χ3v) is 5.43. The predicted molar refractivity (Wildman–Crippen MR) is 85.4 cm³/mol. The van der Waals surface area contributed by atoms with Gasteiger partial charge in [0.05, 0.1) is 5.69 Å². The Hall–Kier alpha value is -0.870. The van der Waals surface area contributed by atoms with E-state index in [1.807, 2.05) is 0 Å². The van der Waals surface area contributed by atoms with Gasteiger partial charge in [0.2, 0.25) is 0 Å². The molecule has 1 atom stereocenters. The summed E-state index contributed by atoms with van der Waals surface area (Å²) < 4.78 is 2.13. The maximum absolute atomic E-state index is 4.70. The molecule has 2 aromatic rings. The highest BCUT2D eigenvalue weighted by Crippen LogP contribution is 2.28. The molecule has 0 amide bonds. The minimum absolute atomic E-state index is 0.571. The fraction of sp³-hybridized carbons (Fsp3) is 0.688. The van der Waals surface area contributed by atoms with Gasteiger partial charge < -0.3 is 5.32 Å². The van der Waals surface area contributed by atoms with Crippen molar-refractivity contribution < 1.29 is 0 Å². The van der Waals surface area contributed by atoms with E-state index in [9.17, 15) is 0 Å². The van der Waals surface area contributed by atoms with Crippen molar-refractivity contribution in [2.24, 2.45) is 5.92 Å². The maximum Gasteiger partial charge on any atom is 0.193 e. The van der Waals surface area contributed by atoms with Crippen molar-refractivity contribution >= 4 is 16.3 Å². The molecule has 2 heterocycles. The highest BCUT2D eigenvalue weighted by atomic mass is 32.1. The number of rotatable bonds is 6. The van der Waals surface area contributed by atoms with E-state index in [1.165, 1.54) is 50.6 Å². The summed E-state index contributed by atoms with van der Waals surface area (Å²) in [7, 11) is 2.09. The summed E-state index contributed by atoms with van der Waals surface area (Å²) in [5, 5.41) is 5.57. The van der Waals surface area contributed by atoms with E-state index in [1.54, 1.807) is 11.3 Å². The highest BCUT2D eigenvalue weighted by Gasteiger charge is 2.16. The molecule has 1 fully saturated rings. The number of nitrogens with one attached hydrogen (secondary N) is 1. The van der Waals surface area contributed by atoms with Gasteiger partial charge in [0.25, 0.3) is 0 Å². The van der Waals surface area contributed by atoms with E-state index in [2.05, 4.69) is 34.5 Å². The number of likely N-dealkylation sites (N-methyl/N-ethyl adjacent to an activating group) is 1. The van der Waals surface area contributed by atoms with E-state index < -0.39 is 0 Å². The van der Waals surface area contributed by atoms with Crippen LogP contribution in [0.15, 0.2) is 17.8 Å². The van der Waals surface area contributed by atoms with Gasteiger partial charge in [0.15, 0.2) is 4.96 Å². The topological polar surface area (TPSA) is 29.3 Å². The summed E-state index contributed by atoms with van der Waals surface area (Å²) >= 11 is 1.71. The molecule has 0 bridgehead atoms. The van der Waals surface area contributed by atoms with Gasteiger partial charge in [0.1, 0.15) is 0 Å². The first-order valence-corrected chi connectivity index (χ1v) is 8.81. The van der Waals surface area contributed by atoms with Crippen LogP contribution in [0.1, 0.15) is 50.6 Å². The van der Waals surface area contributed by atoms with Crippen molar-refractivity contribution in [1.29, 1.82) is 0 Å². The van der Waals surface area contributed by atoms with Gasteiger partial charge in [-0.2, -0.15) is 0 Å². The third-order valence-electron chi connectivity index (χ3n) is 4.66. The van der Waals surface area contributed by atoms with E-state index in [0.29, 0.717) is 6.04 Å². The molecule has 1 unspecified atom stereocenters. The fourth-order valence-electron chi connectivity index (χ4n) is 3.39. The number of aromatic nitrogens is 2. The van der Waals surface area contributed by atoms with Crippen molar-refractivity contribution in [3.05, 3.63) is 23.5 Å². The zero-order chi connectivity index (χ0) is 13.8. The van der Waals surface area contributed by atoms with Crippen molar-refractivity contribution in [2.75, 3.05) is 7.05 Å². The van der Waals surface area contributed by atoms with Gasteiger partial charge >= 0.3 is 0 Å². The Bertz CT molecular complexity index is 496. The molecule has 1 aliphatic carbocycles. The van der Waals surface area contributed by atoms with Gasteiger partial charge in [-0.3, -0.25) is 4.40 Å². The lowest BCUT2D eigenvalue weighted by Gasteiger charge is -2.23. The summed E-state index contributed by atoms with van der Waals surface area (Å²) in [6.07, 6.45) is 15.3. The van der Waals surface area contributed by atoms with Crippen LogP contribution in [-0.2, 0) is 6.42 Å². The minimum atomic E-state index is 0.571. The summed E-state index contributed by atoms with van der Waals surface area (Å²) in [6.45, 7) is 0. The molecule has 0 spiro atoms. The number of imidazole rings is 1. The quantitative estimate of drug-likeness (QED) is 0.875. The lowest BCUT2D eigenvalue weighted by molar-refractivity contribution is 0.315. The second-order valence-corrected chi connectivity index (χ2v) is 6.97. The molecule has 1 saturated carbocycles. The van der Waals surface area contributed by atoms with Crippen LogP contribution in [-0.4, -0.2) is 22.5 Å². The molecule has 0 radical (unpaired) electrons. The van der Waals surface area contributed by atoms with Crippen LogP contribution in [0.4, 0.5) is 0 Å². The molecular weight excluding hydrogens is 266 g/mol. The largest absolute Gasteiger partial charge is 0.317 e. The van der Waals surface area contributed by atoms with Crippen LogP contribution in [0, 0.1) is 5.92 Å². The molecule has 0 aliphatic heterocycles. The molecule has 0 aromatic carbocycles. The molecule has 1 N–H and O–H groups in total. The SMILES string of the molecule is CNC(CCC1CCCCC1)Cc1cn2ccsc2n1. The van der Waals surface area contributed by atoms with Crippen LogP contribution in [0.5, 0.6) is 0 Å². The zero-order valence-electron chi connectivity index (χ0n) is 12.3. The number of fused-ring (bicyclic) bond motifs is 1. The molecule has 20 heavy (non-hydrogen) atoms. The smallest absolute Gasteiger partial charge is 0.193 e. The summed E-state index contributed by atoms with van der Waals surface area (Å²) in [4.78, 5) is 5.81. The van der Waals surface area contributed by atoms with Crippen LogP contribution in [0.25, 0.3) is 4.96 Å². The highest BCUT2D eigenvalue weighted by molar-refractivity contribution is 7.15. The van der Waals surface area contributed by atoms with Gasteiger partial charge in [0, 0.05) is 30.2 Å². The van der Waals surface area contributed by atoms with E-state index >= 15 is 0 Å². The second kappa shape index (κ2) is 6.72. The van der Waals surface area contributed by atoms with Gasteiger partial charge in [-0.1, -0.05) is 32.1 Å². The molecule has 0 saturated heterocycles. The first kappa shape index (κ1) is 14.1. The van der Waals surface area contributed by atoms with Crippen LogP contribution >= 0.6 is 11.3 Å². The minimum Gasteiger partial charge on any atom is -0.317 e. The number of nitrogens with zero attached hydrogens (tertiary/aromatic N) is 2. The zero-order valence-corrected chi connectivity index (χ0v) is 13.2. The van der Waals surface area contributed by atoms with Crippen molar-refractivity contribution in [3.63, 3.8) is 0 Å². The number of hydrogen-bond acceptors (Lipinski definition) is 3. The average molecular weight is 291 g/mol. The van der Waals surface area contributed by atoms with E-state index in [-0.39, 0.29) is 0 Å². The number of hydrogen-bond donors (Lipinski definition) is 1.